The lowest BCUT2D eigenvalue weighted by atomic mass is 10.0. The van der Waals surface area contributed by atoms with Gasteiger partial charge in [0.1, 0.15) is 6.07 Å². The molecule has 0 saturated carbocycles. The van der Waals surface area contributed by atoms with Crippen LogP contribution in [0.3, 0.4) is 0 Å². The number of hydrazone groups is 2. The van der Waals surface area contributed by atoms with E-state index in [9.17, 15) is 4.79 Å². The molecule has 2 N–H and O–H groups in total. The first-order valence-electron chi connectivity index (χ1n) is 10.2. The maximum atomic E-state index is 13.0. The van der Waals surface area contributed by atoms with Crippen molar-refractivity contribution >= 4 is 23.0 Å². The van der Waals surface area contributed by atoms with E-state index >= 15 is 0 Å². The number of nitrogens with zero attached hydrogens (tertiary/aromatic N) is 7. The Balaban J connectivity index is 1.45. The summed E-state index contributed by atoms with van der Waals surface area (Å²) in [5.41, 5.74) is 7.15. The van der Waals surface area contributed by atoms with Gasteiger partial charge in [0.05, 0.1) is 11.4 Å². The third-order valence-corrected chi connectivity index (χ3v) is 5.06. The lowest BCUT2D eigenvalue weighted by Gasteiger charge is -2.24. The Morgan fingerprint density at radius 2 is 2.00 bits per heavy atom. The molecule has 2 heterocycles. The molecule has 160 valence electrons. The number of nitrogens with one attached hydrogen (secondary N) is 2. The number of hydrogen-bond donors (Lipinski definition) is 2. The number of anilines is 1. The molecule has 1 aliphatic heterocycles. The molecule has 3 aromatic rings. The molecule has 0 spiro atoms. The van der Waals surface area contributed by atoms with E-state index in [0.29, 0.717) is 17.8 Å². The number of tetrazole rings is 1. The van der Waals surface area contributed by atoms with Crippen molar-refractivity contribution in [3.05, 3.63) is 71.0 Å². The first-order chi connectivity index (χ1) is 15.7. The van der Waals surface area contributed by atoms with Gasteiger partial charge in [-0.3, -0.25) is 10.2 Å². The standard InChI is InChI=1S/C22H21N9O/c1-2-15-5-7-16(8-6-15)19-4-3-13-31(28-19)22(32)17-9-11-18(12-10-17)24-25-20(14-23)21-26-29-30-27-21/h5-12,24H,2-4,13H2,1H3,(H,26,27,29,30). The largest absolute Gasteiger partial charge is 0.277 e. The Labute approximate surface area is 184 Å². The Morgan fingerprint density at radius 1 is 1.22 bits per heavy atom. The van der Waals surface area contributed by atoms with E-state index in [0.717, 1.165) is 30.5 Å². The summed E-state index contributed by atoms with van der Waals surface area (Å²) in [4.78, 5) is 13.0. The summed E-state index contributed by atoms with van der Waals surface area (Å²) in [6.07, 6.45) is 2.70. The van der Waals surface area contributed by atoms with E-state index in [1.807, 2.05) is 6.07 Å². The molecule has 1 aromatic heterocycles. The molecule has 0 fully saturated rings. The third kappa shape index (κ3) is 4.67. The van der Waals surface area contributed by atoms with Crippen molar-refractivity contribution in [1.82, 2.24) is 25.6 Å². The third-order valence-electron chi connectivity index (χ3n) is 5.06. The Bertz CT molecular complexity index is 1170. The van der Waals surface area contributed by atoms with Crippen LogP contribution in [0, 0.1) is 11.3 Å². The number of aromatic amines is 1. The Morgan fingerprint density at radius 3 is 2.66 bits per heavy atom. The molecule has 32 heavy (non-hydrogen) atoms. The Kier molecular flexibility index (Phi) is 6.27. The second-order valence-corrected chi connectivity index (χ2v) is 7.14. The van der Waals surface area contributed by atoms with Crippen molar-refractivity contribution in [3.63, 3.8) is 0 Å². The van der Waals surface area contributed by atoms with Gasteiger partial charge in [0, 0.05) is 12.1 Å². The second kappa shape index (κ2) is 9.61. The molecule has 10 heteroatoms. The minimum absolute atomic E-state index is 0.0114. The molecule has 10 nitrogen and oxygen atoms in total. The van der Waals surface area contributed by atoms with Crippen LogP contribution >= 0.6 is 0 Å². The van der Waals surface area contributed by atoms with E-state index in [1.165, 1.54) is 10.6 Å². The van der Waals surface area contributed by atoms with Gasteiger partial charge in [-0.1, -0.05) is 31.2 Å². The molecular formula is C22H21N9O. The van der Waals surface area contributed by atoms with E-state index in [1.54, 1.807) is 24.3 Å². The summed E-state index contributed by atoms with van der Waals surface area (Å²) in [6, 6.07) is 17.1. The number of carbonyl (C=O) groups excluding carboxylic acids is 1. The first kappa shape index (κ1) is 20.9. The smallest absolute Gasteiger partial charge is 0.273 e. The molecule has 0 unspecified atom stereocenters. The number of aromatic nitrogens is 4. The topological polar surface area (TPSA) is 135 Å². The molecule has 0 atom stereocenters. The van der Waals surface area contributed by atoms with Gasteiger partial charge >= 0.3 is 0 Å². The number of H-pyrrole nitrogens is 1. The number of benzene rings is 2. The summed E-state index contributed by atoms with van der Waals surface area (Å²) >= 11 is 0. The van der Waals surface area contributed by atoms with E-state index in [-0.39, 0.29) is 17.4 Å². The predicted octanol–water partition coefficient (Wildman–Crippen LogP) is 2.74. The maximum Gasteiger partial charge on any atom is 0.273 e. The van der Waals surface area contributed by atoms with Gasteiger partial charge in [-0.2, -0.15) is 15.5 Å². The monoisotopic (exact) mass is 427 g/mol. The fraction of sp³-hybridized carbons (Fsp3) is 0.227. The average Bonchev–Trinajstić information content (AvgIpc) is 3.39. The molecule has 1 aliphatic rings. The van der Waals surface area contributed by atoms with Gasteiger partial charge in [0.2, 0.25) is 11.5 Å². The zero-order valence-corrected chi connectivity index (χ0v) is 17.5. The number of nitriles is 1. The zero-order chi connectivity index (χ0) is 22.3. The number of rotatable bonds is 6. The van der Waals surface area contributed by atoms with Crippen LogP contribution in [0.5, 0.6) is 0 Å². The van der Waals surface area contributed by atoms with Crippen molar-refractivity contribution in [2.75, 3.05) is 12.0 Å². The molecule has 0 bridgehead atoms. The van der Waals surface area contributed by atoms with Crippen molar-refractivity contribution in [3.8, 4) is 6.07 Å². The molecule has 1 amide bonds. The minimum atomic E-state index is -0.159. The van der Waals surface area contributed by atoms with Gasteiger partial charge in [-0.25, -0.2) is 10.1 Å². The normalized spacial score (nSPS) is 13.9. The highest BCUT2D eigenvalue weighted by Gasteiger charge is 2.20. The maximum absolute atomic E-state index is 13.0. The number of hydrogen-bond acceptors (Lipinski definition) is 8. The molecule has 0 saturated heterocycles. The molecule has 0 radical (unpaired) electrons. The predicted molar refractivity (Wildman–Crippen MR) is 119 cm³/mol. The summed E-state index contributed by atoms with van der Waals surface area (Å²) in [7, 11) is 0. The van der Waals surface area contributed by atoms with E-state index in [4.69, 9.17) is 5.26 Å². The molecule has 0 aliphatic carbocycles. The molecule has 4 rings (SSSR count). The summed E-state index contributed by atoms with van der Waals surface area (Å²) in [5, 5.41) is 32.3. The van der Waals surface area contributed by atoms with Gasteiger partial charge in [0.15, 0.2) is 0 Å². The highest BCUT2D eigenvalue weighted by atomic mass is 16.2. The lowest BCUT2D eigenvalue weighted by molar-refractivity contribution is 0.0751. The SMILES string of the molecule is CCc1ccc(C2=NN(C(=O)c3ccc(NN=C(C#N)c4nnn[nH]4)cc3)CCC2)cc1. The van der Waals surface area contributed by atoms with Crippen LogP contribution in [0.15, 0.2) is 58.7 Å². The van der Waals surface area contributed by atoms with Crippen LogP contribution in [0.4, 0.5) is 5.69 Å². The van der Waals surface area contributed by atoms with Crippen molar-refractivity contribution in [2.24, 2.45) is 10.2 Å². The van der Waals surface area contributed by atoms with Gasteiger partial charge in [-0.15, -0.1) is 5.10 Å². The van der Waals surface area contributed by atoms with Crippen LogP contribution in [-0.4, -0.2) is 49.5 Å². The zero-order valence-electron chi connectivity index (χ0n) is 17.5. The Hall–Kier alpha value is -4.39. The van der Waals surface area contributed by atoms with Gasteiger partial charge < -0.3 is 0 Å². The highest BCUT2D eigenvalue weighted by Crippen LogP contribution is 2.18. The second-order valence-electron chi connectivity index (χ2n) is 7.14. The van der Waals surface area contributed by atoms with Crippen LogP contribution in [0.1, 0.15) is 47.1 Å². The number of aryl methyl sites for hydroxylation is 1. The molecule has 2 aromatic carbocycles. The quantitative estimate of drug-likeness (QED) is 0.459. The fourth-order valence-electron chi connectivity index (χ4n) is 3.27. The van der Waals surface area contributed by atoms with Crippen LogP contribution < -0.4 is 5.43 Å². The minimum Gasteiger partial charge on any atom is -0.277 e. The van der Waals surface area contributed by atoms with E-state index in [2.05, 4.69) is 67.4 Å². The van der Waals surface area contributed by atoms with Crippen LogP contribution in [0.25, 0.3) is 0 Å². The van der Waals surface area contributed by atoms with Gasteiger partial charge in [0.25, 0.3) is 5.91 Å². The highest BCUT2D eigenvalue weighted by molar-refractivity contribution is 6.09. The lowest BCUT2D eigenvalue weighted by Crippen LogP contribution is -2.32. The van der Waals surface area contributed by atoms with Crippen LogP contribution in [0.2, 0.25) is 0 Å². The summed E-state index contributed by atoms with van der Waals surface area (Å²) < 4.78 is 0. The fourth-order valence-corrected chi connectivity index (χ4v) is 3.27. The summed E-state index contributed by atoms with van der Waals surface area (Å²) in [6.45, 7) is 2.70. The van der Waals surface area contributed by atoms with Crippen LogP contribution in [-0.2, 0) is 6.42 Å². The van der Waals surface area contributed by atoms with Gasteiger partial charge in [-0.05, 0) is 65.1 Å². The first-order valence-corrected chi connectivity index (χ1v) is 10.2. The average molecular weight is 427 g/mol. The van der Waals surface area contributed by atoms with E-state index < -0.39 is 0 Å². The van der Waals surface area contributed by atoms with Crippen molar-refractivity contribution < 1.29 is 4.79 Å². The number of carbonyl (C=O) groups is 1. The van der Waals surface area contributed by atoms with Crippen molar-refractivity contribution in [1.29, 1.82) is 5.26 Å². The molecular weight excluding hydrogens is 406 g/mol. The summed E-state index contributed by atoms with van der Waals surface area (Å²) in [5.74, 6) is 0.00257. The number of amides is 1. The van der Waals surface area contributed by atoms with Crippen molar-refractivity contribution in [2.45, 2.75) is 26.2 Å².